The van der Waals surface area contributed by atoms with E-state index in [1.165, 1.54) is 25.1 Å². The standard InChI is InChI=1S/C17H16N2O4/c1-10-9-14(21)7-8-15(10)19-17(23)16(22)18-13-5-3-12(4-6-13)11(2)20/h3-9,21H,1-2H3,(H,18,22)(H,19,23). The van der Waals surface area contributed by atoms with Crippen LogP contribution in [0, 0.1) is 6.92 Å². The Hall–Kier alpha value is -3.15. The maximum absolute atomic E-state index is 11.9. The predicted octanol–water partition coefficient (Wildman–Crippen LogP) is 2.48. The van der Waals surface area contributed by atoms with Gasteiger partial charge in [-0.25, -0.2) is 0 Å². The third-order valence-corrected chi connectivity index (χ3v) is 3.21. The van der Waals surface area contributed by atoms with Crippen molar-refractivity contribution in [2.75, 3.05) is 10.6 Å². The van der Waals surface area contributed by atoms with Crippen LogP contribution in [0.3, 0.4) is 0 Å². The van der Waals surface area contributed by atoms with Crippen molar-refractivity contribution in [1.29, 1.82) is 0 Å². The van der Waals surface area contributed by atoms with E-state index in [1.54, 1.807) is 31.2 Å². The fourth-order valence-corrected chi connectivity index (χ4v) is 1.94. The number of hydrogen-bond acceptors (Lipinski definition) is 4. The molecule has 0 radical (unpaired) electrons. The average Bonchev–Trinajstić information content (AvgIpc) is 2.50. The number of aryl methyl sites for hydroxylation is 1. The minimum atomic E-state index is -0.826. The summed E-state index contributed by atoms with van der Waals surface area (Å²) >= 11 is 0. The van der Waals surface area contributed by atoms with Gasteiger partial charge in [0.2, 0.25) is 0 Å². The number of hydrogen-bond donors (Lipinski definition) is 3. The van der Waals surface area contributed by atoms with Crippen molar-refractivity contribution in [2.24, 2.45) is 0 Å². The number of phenolic OH excluding ortho intramolecular Hbond substituents is 1. The number of amides is 2. The lowest BCUT2D eigenvalue weighted by Gasteiger charge is -2.09. The summed E-state index contributed by atoms with van der Waals surface area (Å²) in [6, 6.07) is 10.6. The molecule has 2 rings (SSSR count). The van der Waals surface area contributed by atoms with E-state index >= 15 is 0 Å². The summed E-state index contributed by atoms with van der Waals surface area (Å²) < 4.78 is 0. The van der Waals surface area contributed by atoms with Gasteiger partial charge in [0.25, 0.3) is 0 Å². The minimum Gasteiger partial charge on any atom is -0.508 e. The molecule has 0 unspecified atom stereocenters. The molecule has 0 spiro atoms. The number of rotatable bonds is 3. The van der Waals surface area contributed by atoms with Crippen LogP contribution in [-0.2, 0) is 9.59 Å². The lowest BCUT2D eigenvalue weighted by atomic mass is 10.1. The maximum atomic E-state index is 11.9. The lowest BCUT2D eigenvalue weighted by Crippen LogP contribution is -2.29. The molecule has 2 aromatic rings. The van der Waals surface area contributed by atoms with Gasteiger partial charge in [0.15, 0.2) is 5.78 Å². The van der Waals surface area contributed by atoms with E-state index in [4.69, 9.17) is 0 Å². The van der Waals surface area contributed by atoms with Crippen molar-refractivity contribution in [3.8, 4) is 5.75 Å². The number of ketones is 1. The van der Waals surface area contributed by atoms with Gasteiger partial charge in [0.1, 0.15) is 5.75 Å². The minimum absolute atomic E-state index is 0.0792. The Kier molecular flexibility index (Phi) is 4.75. The smallest absolute Gasteiger partial charge is 0.314 e. The summed E-state index contributed by atoms with van der Waals surface area (Å²) in [5.74, 6) is -1.65. The molecule has 0 atom stereocenters. The van der Waals surface area contributed by atoms with Crippen LogP contribution < -0.4 is 10.6 Å². The number of Topliss-reactive ketones (excluding diaryl/α,β-unsaturated/α-hetero) is 1. The maximum Gasteiger partial charge on any atom is 0.314 e. The van der Waals surface area contributed by atoms with Crippen LogP contribution in [0.5, 0.6) is 5.75 Å². The Bertz CT molecular complexity index is 767. The summed E-state index contributed by atoms with van der Waals surface area (Å²) in [6.45, 7) is 3.15. The van der Waals surface area contributed by atoms with Crippen LogP contribution >= 0.6 is 0 Å². The van der Waals surface area contributed by atoms with Crippen molar-refractivity contribution in [3.05, 3.63) is 53.6 Å². The number of benzene rings is 2. The van der Waals surface area contributed by atoms with E-state index in [2.05, 4.69) is 10.6 Å². The van der Waals surface area contributed by atoms with E-state index in [0.29, 0.717) is 22.5 Å². The van der Waals surface area contributed by atoms with Crippen molar-refractivity contribution in [3.63, 3.8) is 0 Å². The zero-order valence-electron chi connectivity index (χ0n) is 12.7. The topological polar surface area (TPSA) is 95.5 Å². The second kappa shape index (κ2) is 6.74. The molecule has 0 fully saturated rings. The Balaban J connectivity index is 2.02. The molecule has 0 aliphatic carbocycles. The fraction of sp³-hybridized carbons (Fsp3) is 0.118. The number of carbonyl (C=O) groups is 3. The Labute approximate surface area is 133 Å². The molecule has 0 aromatic heterocycles. The van der Waals surface area contributed by atoms with Crippen molar-refractivity contribution in [2.45, 2.75) is 13.8 Å². The molecule has 6 nitrogen and oxygen atoms in total. The van der Waals surface area contributed by atoms with Gasteiger partial charge in [-0.05, 0) is 61.9 Å². The van der Waals surface area contributed by atoms with Crippen molar-refractivity contribution in [1.82, 2.24) is 0 Å². The zero-order valence-corrected chi connectivity index (χ0v) is 12.7. The fourth-order valence-electron chi connectivity index (χ4n) is 1.94. The van der Waals surface area contributed by atoms with Gasteiger partial charge in [-0.1, -0.05) is 0 Å². The van der Waals surface area contributed by atoms with Crippen LogP contribution in [0.4, 0.5) is 11.4 Å². The molecular formula is C17H16N2O4. The first kappa shape index (κ1) is 16.2. The number of aromatic hydroxyl groups is 1. The Morgan fingerprint density at radius 3 is 2.09 bits per heavy atom. The number of anilines is 2. The van der Waals surface area contributed by atoms with Crippen LogP contribution in [0.25, 0.3) is 0 Å². The predicted molar refractivity (Wildman–Crippen MR) is 86.5 cm³/mol. The number of carbonyl (C=O) groups excluding carboxylic acids is 3. The second-order valence-electron chi connectivity index (χ2n) is 5.04. The van der Waals surface area contributed by atoms with E-state index in [1.807, 2.05) is 0 Å². The summed E-state index contributed by atoms with van der Waals surface area (Å²) in [6.07, 6.45) is 0. The van der Waals surface area contributed by atoms with E-state index < -0.39 is 11.8 Å². The molecule has 2 amide bonds. The van der Waals surface area contributed by atoms with Crippen molar-refractivity contribution >= 4 is 29.0 Å². The third kappa shape index (κ3) is 4.16. The quantitative estimate of drug-likeness (QED) is 0.461. The zero-order chi connectivity index (χ0) is 17.0. The summed E-state index contributed by atoms with van der Waals surface area (Å²) in [5, 5.41) is 14.2. The summed E-state index contributed by atoms with van der Waals surface area (Å²) in [7, 11) is 0. The van der Waals surface area contributed by atoms with Gasteiger partial charge in [-0.2, -0.15) is 0 Å². The summed E-state index contributed by atoms with van der Waals surface area (Å²) in [4.78, 5) is 34.9. The third-order valence-electron chi connectivity index (χ3n) is 3.21. The molecule has 0 saturated heterocycles. The van der Waals surface area contributed by atoms with Gasteiger partial charge in [0, 0.05) is 16.9 Å². The van der Waals surface area contributed by atoms with Gasteiger partial charge < -0.3 is 15.7 Å². The largest absolute Gasteiger partial charge is 0.508 e. The molecule has 0 aliphatic rings. The first-order chi connectivity index (χ1) is 10.9. The van der Waals surface area contributed by atoms with E-state index in [0.717, 1.165) is 0 Å². The second-order valence-corrected chi connectivity index (χ2v) is 5.04. The molecule has 6 heteroatoms. The molecule has 0 heterocycles. The average molecular weight is 312 g/mol. The highest BCUT2D eigenvalue weighted by Gasteiger charge is 2.15. The molecule has 0 aliphatic heterocycles. The monoisotopic (exact) mass is 312 g/mol. The van der Waals surface area contributed by atoms with Gasteiger partial charge in [-0.15, -0.1) is 0 Å². The first-order valence-corrected chi connectivity index (χ1v) is 6.90. The molecule has 23 heavy (non-hydrogen) atoms. The van der Waals surface area contributed by atoms with Gasteiger partial charge in [0.05, 0.1) is 0 Å². The van der Waals surface area contributed by atoms with Crippen LogP contribution in [0.15, 0.2) is 42.5 Å². The highest BCUT2D eigenvalue weighted by molar-refractivity contribution is 6.43. The van der Waals surface area contributed by atoms with E-state index in [9.17, 15) is 19.5 Å². The molecular weight excluding hydrogens is 296 g/mol. The van der Waals surface area contributed by atoms with Gasteiger partial charge >= 0.3 is 11.8 Å². The van der Waals surface area contributed by atoms with Crippen LogP contribution in [-0.4, -0.2) is 22.7 Å². The number of phenols is 1. The Morgan fingerprint density at radius 2 is 1.52 bits per heavy atom. The molecule has 0 saturated carbocycles. The lowest BCUT2D eigenvalue weighted by molar-refractivity contribution is -0.133. The van der Waals surface area contributed by atoms with Crippen LogP contribution in [0.2, 0.25) is 0 Å². The molecule has 0 bridgehead atoms. The molecule has 118 valence electrons. The first-order valence-electron chi connectivity index (χ1n) is 6.90. The van der Waals surface area contributed by atoms with Crippen LogP contribution in [0.1, 0.15) is 22.8 Å². The highest BCUT2D eigenvalue weighted by Crippen LogP contribution is 2.20. The normalized spacial score (nSPS) is 10.0. The molecule has 3 N–H and O–H groups in total. The highest BCUT2D eigenvalue weighted by atomic mass is 16.3. The van der Waals surface area contributed by atoms with Gasteiger partial charge in [-0.3, -0.25) is 14.4 Å². The number of nitrogens with one attached hydrogen (secondary N) is 2. The van der Waals surface area contributed by atoms with Crippen molar-refractivity contribution < 1.29 is 19.5 Å². The van der Waals surface area contributed by atoms with E-state index in [-0.39, 0.29) is 11.5 Å². The Morgan fingerprint density at radius 1 is 0.913 bits per heavy atom. The summed E-state index contributed by atoms with van der Waals surface area (Å²) in [5.41, 5.74) is 2.01. The SMILES string of the molecule is CC(=O)c1ccc(NC(=O)C(=O)Nc2ccc(O)cc2C)cc1. The molecule has 2 aromatic carbocycles.